The van der Waals surface area contributed by atoms with Crippen molar-refractivity contribution in [1.82, 2.24) is 29.7 Å². The molecule has 0 spiro atoms. The third kappa shape index (κ3) is 5.58. The monoisotopic (exact) mass is 537 g/mol. The molecule has 10 heteroatoms. The number of piperidine rings is 1. The fourth-order valence-corrected chi connectivity index (χ4v) is 5.76. The number of fused-ring (bicyclic) bond motifs is 1. The average molecular weight is 538 g/mol. The molecule has 0 bridgehead atoms. The lowest BCUT2D eigenvalue weighted by Crippen LogP contribution is -2.53. The fourth-order valence-electron chi connectivity index (χ4n) is 5.76. The zero-order valence-corrected chi connectivity index (χ0v) is 23.4. The predicted octanol–water partition coefficient (Wildman–Crippen LogP) is 3.93. The molecule has 2 aliphatic heterocycles. The van der Waals surface area contributed by atoms with Gasteiger partial charge in [-0.3, -0.25) is 9.88 Å². The average Bonchev–Trinajstić information content (AvgIpc) is 3.41. The summed E-state index contributed by atoms with van der Waals surface area (Å²) in [6, 6.07) is 8.39. The Morgan fingerprint density at radius 2 is 1.85 bits per heavy atom. The number of ether oxygens (including phenoxy) is 1. The molecule has 2 saturated heterocycles. The van der Waals surface area contributed by atoms with Crippen LogP contribution in [0, 0.1) is 0 Å². The number of hydrogen-bond acceptors (Lipinski definition) is 6. The standard InChI is InChI=1S/C29H40FN7O2/c1-21(2)33-28(38)36-15-13-35(14-16-36)26-7-10-32-37-20-23(17-27(26)37)25-6-5-24(19-31-25)29(39-4)8-11-34(12-9-29)22(3)18-30/h5-7,10,17,19-22H,8-9,11-16,18H2,1-4H3,(H,33,38). The van der Waals surface area contributed by atoms with Crippen molar-refractivity contribution in [2.24, 2.45) is 0 Å². The number of carbonyl (C=O) groups excluding carboxylic acids is 1. The number of amides is 2. The van der Waals surface area contributed by atoms with Crippen molar-refractivity contribution in [3.8, 4) is 11.3 Å². The van der Waals surface area contributed by atoms with E-state index in [2.05, 4.69) is 32.3 Å². The number of alkyl halides is 1. The van der Waals surface area contributed by atoms with Gasteiger partial charge in [-0.15, -0.1) is 0 Å². The molecule has 1 N–H and O–H groups in total. The molecule has 2 aliphatic rings. The first kappa shape index (κ1) is 27.3. The first-order valence-corrected chi connectivity index (χ1v) is 13.9. The van der Waals surface area contributed by atoms with Gasteiger partial charge in [0.1, 0.15) is 6.67 Å². The quantitative estimate of drug-likeness (QED) is 0.492. The highest BCUT2D eigenvalue weighted by atomic mass is 19.1. The van der Waals surface area contributed by atoms with E-state index in [-0.39, 0.29) is 24.8 Å². The smallest absolute Gasteiger partial charge is 0.317 e. The second kappa shape index (κ2) is 11.5. The van der Waals surface area contributed by atoms with Gasteiger partial charge in [0.05, 0.1) is 22.5 Å². The van der Waals surface area contributed by atoms with Crippen LogP contribution in [0.3, 0.4) is 0 Å². The number of pyridine rings is 1. The number of urea groups is 1. The number of hydrogen-bond donors (Lipinski definition) is 1. The van der Waals surface area contributed by atoms with E-state index < -0.39 is 5.60 Å². The van der Waals surface area contributed by atoms with Crippen molar-refractivity contribution in [2.75, 3.05) is 58.0 Å². The molecule has 1 atom stereocenters. The second-order valence-electron chi connectivity index (χ2n) is 11.0. The SMILES string of the molecule is COC1(c2ccc(-c3cc4c(N5CCN(C(=O)NC(C)C)CC5)ccnn4c3)nc2)CCN(C(C)CF)CC1. The van der Waals surface area contributed by atoms with Crippen LogP contribution in [0.1, 0.15) is 39.2 Å². The number of aromatic nitrogens is 3. The fraction of sp³-hybridized carbons (Fsp3) is 0.552. The van der Waals surface area contributed by atoms with E-state index in [1.54, 1.807) is 7.11 Å². The highest BCUT2D eigenvalue weighted by Crippen LogP contribution is 2.37. The maximum atomic E-state index is 13.2. The molecule has 0 radical (unpaired) electrons. The van der Waals surface area contributed by atoms with E-state index in [0.29, 0.717) is 13.1 Å². The van der Waals surface area contributed by atoms with Crippen LogP contribution in [-0.2, 0) is 10.3 Å². The normalized spacial score (nSPS) is 19.0. The third-order valence-electron chi connectivity index (χ3n) is 8.23. The molecule has 2 fully saturated rings. The molecule has 2 amide bonds. The van der Waals surface area contributed by atoms with Crippen molar-refractivity contribution in [3.05, 3.63) is 48.4 Å². The molecule has 210 valence electrons. The van der Waals surface area contributed by atoms with Crippen molar-refractivity contribution in [3.63, 3.8) is 0 Å². The van der Waals surface area contributed by atoms with Gasteiger partial charge in [-0.2, -0.15) is 5.10 Å². The van der Waals surface area contributed by atoms with Gasteiger partial charge in [-0.05, 0) is 51.8 Å². The third-order valence-corrected chi connectivity index (χ3v) is 8.23. The Bertz CT molecular complexity index is 1260. The van der Waals surface area contributed by atoms with E-state index in [1.807, 2.05) is 60.9 Å². The van der Waals surface area contributed by atoms with Crippen LogP contribution in [-0.4, -0.2) is 95.6 Å². The van der Waals surface area contributed by atoms with Crippen LogP contribution < -0.4 is 10.2 Å². The molecular weight excluding hydrogens is 497 g/mol. The van der Waals surface area contributed by atoms with E-state index in [4.69, 9.17) is 9.72 Å². The molecule has 39 heavy (non-hydrogen) atoms. The van der Waals surface area contributed by atoms with Crippen LogP contribution in [0.2, 0.25) is 0 Å². The Morgan fingerprint density at radius 3 is 2.46 bits per heavy atom. The van der Waals surface area contributed by atoms with Gasteiger partial charge in [0, 0.05) is 88.2 Å². The van der Waals surface area contributed by atoms with Gasteiger partial charge >= 0.3 is 6.03 Å². The predicted molar refractivity (Wildman–Crippen MR) is 151 cm³/mol. The minimum atomic E-state index is -0.396. The van der Waals surface area contributed by atoms with Crippen molar-refractivity contribution >= 4 is 17.2 Å². The van der Waals surface area contributed by atoms with Crippen LogP contribution in [0.25, 0.3) is 16.8 Å². The molecule has 0 aromatic carbocycles. The maximum Gasteiger partial charge on any atom is 0.317 e. The summed E-state index contributed by atoms with van der Waals surface area (Å²) in [5.41, 5.74) is 4.65. The summed E-state index contributed by atoms with van der Waals surface area (Å²) in [6.07, 6.45) is 7.37. The number of halogens is 1. The summed E-state index contributed by atoms with van der Waals surface area (Å²) >= 11 is 0. The van der Waals surface area contributed by atoms with Gasteiger partial charge in [0.2, 0.25) is 0 Å². The zero-order chi connectivity index (χ0) is 27.6. The van der Waals surface area contributed by atoms with Gasteiger partial charge in [0.15, 0.2) is 0 Å². The lowest BCUT2D eigenvalue weighted by atomic mass is 9.84. The lowest BCUT2D eigenvalue weighted by molar-refractivity contribution is -0.0694. The van der Waals surface area contributed by atoms with E-state index in [0.717, 1.165) is 67.0 Å². The lowest BCUT2D eigenvalue weighted by Gasteiger charge is -2.42. The Kier molecular flexibility index (Phi) is 8.04. The first-order valence-electron chi connectivity index (χ1n) is 13.9. The summed E-state index contributed by atoms with van der Waals surface area (Å²) in [5.74, 6) is 0. The highest BCUT2D eigenvalue weighted by molar-refractivity contribution is 5.79. The van der Waals surface area contributed by atoms with Gasteiger partial charge in [-0.25, -0.2) is 13.7 Å². The minimum absolute atomic E-state index is 0.000794. The minimum Gasteiger partial charge on any atom is -0.373 e. The van der Waals surface area contributed by atoms with Crippen LogP contribution in [0.5, 0.6) is 0 Å². The number of carbonyl (C=O) groups is 1. The van der Waals surface area contributed by atoms with Crippen molar-refractivity contribution in [1.29, 1.82) is 0 Å². The van der Waals surface area contributed by atoms with Gasteiger partial charge in [0.25, 0.3) is 0 Å². The maximum absolute atomic E-state index is 13.2. The van der Waals surface area contributed by atoms with E-state index >= 15 is 0 Å². The number of nitrogens with zero attached hydrogens (tertiary/aromatic N) is 6. The summed E-state index contributed by atoms with van der Waals surface area (Å²) in [6.45, 7) is 10.0. The summed E-state index contributed by atoms with van der Waals surface area (Å²) in [4.78, 5) is 23.6. The number of rotatable bonds is 7. The Balaban J connectivity index is 1.31. The van der Waals surface area contributed by atoms with Crippen LogP contribution >= 0.6 is 0 Å². The van der Waals surface area contributed by atoms with Crippen LogP contribution in [0.15, 0.2) is 42.9 Å². The van der Waals surface area contributed by atoms with Gasteiger partial charge in [-0.1, -0.05) is 6.07 Å². The molecule has 5 rings (SSSR count). The molecule has 9 nitrogen and oxygen atoms in total. The zero-order valence-electron chi connectivity index (χ0n) is 23.4. The number of methoxy groups -OCH3 is 1. The molecule has 0 aliphatic carbocycles. The second-order valence-corrected chi connectivity index (χ2v) is 11.0. The topological polar surface area (TPSA) is 78.2 Å². The molecule has 3 aromatic rings. The number of nitrogens with one attached hydrogen (secondary N) is 1. The summed E-state index contributed by atoms with van der Waals surface area (Å²) in [5, 5.41) is 7.52. The molecular formula is C29H40FN7O2. The molecule has 0 saturated carbocycles. The number of piperazine rings is 1. The Hall–Kier alpha value is -3.24. The Morgan fingerprint density at radius 1 is 1.10 bits per heavy atom. The number of anilines is 1. The first-order chi connectivity index (χ1) is 18.8. The van der Waals surface area contributed by atoms with Crippen molar-refractivity contribution < 1.29 is 13.9 Å². The van der Waals surface area contributed by atoms with Crippen LogP contribution in [0.4, 0.5) is 14.9 Å². The van der Waals surface area contributed by atoms with E-state index in [9.17, 15) is 9.18 Å². The highest BCUT2D eigenvalue weighted by Gasteiger charge is 2.37. The largest absolute Gasteiger partial charge is 0.373 e. The molecule has 1 unspecified atom stereocenters. The van der Waals surface area contributed by atoms with Crippen molar-refractivity contribution in [2.45, 2.75) is 51.3 Å². The summed E-state index contributed by atoms with van der Waals surface area (Å²) < 4.78 is 21.1. The van der Waals surface area contributed by atoms with Gasteiger partial charge < -0.3 is 19.9 Å². The molecule has 3 aromatic heterocycles. The number of likely N-dealkylation sites (tertiary alicyclic amines) is 1. The molecule has 5 heterocycles. The Labute approximate surface area is 229 Å². The summed E-state index contributed by atoms with van der Waals surface area (Å²) in [7, 11) is 1.76. The van der Waals surface area contributed by atoms with E-state index in [1.165, 1.54) is 0 Å².